The minimum absolute atomic E-state index is 0.267. The quantitative estimate of drug-likeness (QED) is 0.754. The van der Waals surface area contributed by atoms with Crippen molar-refractivity contribution in [1.82, 2.24) is 10.3 Å². The van der Waals surface area contributed by atoms with Gasteiger partial charge in [-0.25, -0.2) is 4.98 Å². The van der Waals surface area contributed by atoms with E-state index in [1.54, 1.807) is 23.1 Å². The first kappa shape index (κ1) is 13.8. The number of hydrogen-bond donors (Lipinski definition) is 2. The van der Waals surface area contributed by atoms with Gasteiger partial charge in [0, 0.05) is 16.8 Å². The highest BCUT2D eigenvalue weighted by Gasteiger charge is 2.50. The fraction of sp³-hybridized carbons (Fsp3) is 0.667. The summed E-state index contributed by atoms with van der Waals surface area (Å²) >= 11 is 3.13. The molecule has 1 atom stereocenters. The Morgan fingerprint density at radius 1 is 1.72 bits per heavy atom. The number of aliphatic carboxylic acids is 1. The van der Waals surface area contributed by atoms with Crippen LogP contribution in [0.15, 0.2) is 9.72 Å². The Bertz CT molecular complexity index is 431. The molecular formula is C12H18N2O2S2. The summed E-state index contributed by atoms with van der Waals surface area (Å²) < 4.78 is 0.955. The molecule has 0 aromatic carbocycles. The van der Waals surface area contributed by atoms with Gasteiger partial charge >= 0.3 is 5.97 Å². The highest BCUT2D eigenvalue weighted by atomic mass is 32.2. The Balaban J connectivity index is 2.07. The largest absolute Gasteiger partial charge is 0.480 e. The second-order valence-corrected chi connectivity index (χ2v) is 6.71. The van der Waals surface area contributed by atoms with E-state index < -0.39 is 11.5 Å². The van der Waals surface area contributed by atoms with E-state index in [2.05, 4.69) is 10.3 Å². The van der Waals surface area contributed by atoms with Gasteiger partial charge in [0.2, 0.25) is 0 Å². The third-order valence-corrected chi connectivity index (χ3v) is 5.50. The molecule has 1 aliphatic rings. The van der Waals surface area contributed by atoms with E-state index in [0.717, 1.165) is 22.9 Å². The van der Waals surface area contributed by atoms with Crippen molar-refractivity contribution in [3.63, 3.8) is 0 Å². The molecule has 4 nitrogen and oxygen atoms in total. The van der Waals surface area contributed by atoms with E-state index >= 15 is 0 Å². The van der Waals surface area contributed by atoms with Crippen LogP contribution in [0.5, 0.6) is 0 Å². The van der Waals surface area contributed by atoms with Crippen LogP contribution in [-0.2, 0) is 4.79 Å². The number of nitrogens with zero attached hydrogens (tertiary/aromatic N) is 1. The molecule has 0 amide bonds. The van der Waals surface area contributed by atoms with E-state index in [1.807, 2.05) is 19.2 Å². The van der Waals surface area contributed by atoms with Gasteiger partial charge in [-0.3, -0.25) is 4.79 Å². The molecule has 1 heterocycles. The van der Waals surface area contributed by atoms with Crippen molar-refractivity contribution in [1.29, 1.82) is 0 Å². The SMILES string of the molecule is CCNC(CSc1nc(C)cs1)(C(=O)O)C1CC1. The Morgan fingerprint density at radius 2 is 2.44 bits per heavy atom. The maximum atomic E-state index is 11.6. The minimum atomic E-state index is -0.779. The second kappa shape index (κ2) is 5.59. The molecule has 2 rings (SSSR count). The number of carboxylic acids is 1. The van der Waals surface area contributed by atoms with Crippen LogP contribution in [-0.4, -0.2) is 33.9 Å². The number of likely N-dealkylation sites (N-methyl/N-ethyl adjacent to an activating group) is 1. The van der Waals surface area contributed by atoms with Crippen LogP contribution in [0.2, 0.25) is 0 Å². The Labute approximate surface area is 115 Å². The van der Waals surface area contributed by atoms with Gasteiger partial charge in [0.05, 0.1) is 0 Å². The average Bonchev–Trinajstić information content (AvgIpc) is 3.08. The third-order valence-electron chi connectivity index (χ3n) is 3.17. The molecule has 18 heavy (non-hydrogen) atoms. The topological polar surface area (TPSA) is 62.2 Å². The zero-order valence-corrected chi connectivity index (χ0v) is 12.2. The Kier molecular flexibility index (Phi) is 4.29. The lowest BCUT2D eigenvalue weighted by Gasteiger charge is -2.29. The number of carboxylic acid groups (broad SMARTS) is 1. The molecule has 1 saturated carbocycles. The van der Waals surface area contributed by atoms with Gasteiger partial charge in [-0.2, -0.15) is 0 Å². The maximum Gasteiger partial charge on any atom is 0.325 e. The Hall–Kier alpha value is -0.590. The normalized spacial score (nSPS) is 18.6. The number of hydrogen-bond acceptors (Lipinski definition) is 5. The smallest absolute Gasteiger partial charge is 0.325 e. The van der Waals surface area contributed by atoms with Gasteiger partial charge in [-0.05, 0) is 32.2 Å². The molecule has 1 aliphatic carbocycles. The molecule has 0 bridgehead atoms. The van der Waals surface area contributed by atoms with Gasteiger partial charge in [0.1, 0.15) is 9.88 Å². The van der Waals surface area contributed by atoms with Crippen LogP contribution in [0.3, 0.4) is 0 Å². The lowest BCUT2D eigenvalue weighted by Crippen LogP contribution is -2.56. The van der Waals surface area contributed by atoms with Crippen LogP contribution in [0.25, 0.3) is 0 Å². The summed E-state index contributed by atoms with van der Waals surface area (Å²) in [7, 11) is 0. The number of thiazole rings is 1. The molecule has 0 aliphatic heterocycles. The average molecular weight is 286 g/mol. The highest BCUT2D eigenvalue weighted by molar-refractivity contribution is 8.01. The van der Waals surface area contributed by atoms with E-state index in [4.69, 9.17) is 0 Å². The lowest BCUT2D eigenvalue weighted by atomic mass is 9.96. The van der Waals surface area contributed by atoms with Gasteiger partial charge in [0.15, 0.2) is 0 Å². The number of aryl methyl sites for hydroxylation is 1. The van der Waals surface area contributed by atoms with E-state index in [0.29, 0.717) is 12.3 Å². The van der Waals surface area contributed by atoms with E-state index in [-0.39, 0.29) is 5.92 Å². The molecule has 6 heteroatoms. The molecular weight excluding hydrogens is 268 g/mol. The van der Waals surface area contributed by atoms with Crippen LogP contribution in [0, 0.1) is 12.8 Å². The van der Waals surface area contributed by atoms with Crippen molar-refractivity contribution in [2.45, 2.75) is 36.6 Å². The van der Waals surface area contributed by atoms with Crippen molar-refractivity contribution in [3.05, 3.63) is 11.1 Å². The third kappa shape index (κ3) is 2.87. The summed E-state index contributed by atoms with van der Waals surface area (Å²) in [5.74, 6) is 0.0875. The van der Waals surface area contributed by atoms with E-state index in [1.165, 1.54) is 0 Å². The molecule has 0 spiro atoms. The van der Waals surface area contributed by atoms with Crippen LogP contribution in [0.4, 0.5) is 0 Å². The fourth-order valence-corrected chi connectivity index (χ4v) is 4.23. The zero-order chi connectivity index (χ0) is 13.2. The number of carbonyl (C=O) groups is 1. The summed E-state index contributed by atoms with van der Waals surface area (Å²) in [5.41, 5.74) is 0.220. The molecule has 0 saturated heterocycles. The highest BCUT2D eigenvalue weighted by Crippen LogP contribution is 2.42. The second-order valence-electron chi connectivity index (χ2n) is 4.62. The Morgan fingerprint density at radius 3 is 2.89 bits per heavy atom. The fourth-order valence-electron chi connectivity index (χ4n) is 2.09. The van der Waals surface area contributed by atoms with Crippen LogP contribution >= 0.6 is 23.1 Å². The predicted octanol–water partition coefficient (Wildman–Crippen LogP) is 2.39. The minimum Gasteiger partial charge on any atom is -0.480 e. The number of nitrogens with one attached hydrogen (secondary N) is 1. The van der Waals surface area contributed by atoms with Crippen molar-refractivity contribution in [2.75, 3.05) is 12.3 Å². The molecule has 0 radical (unpaired) electrons. The maximum absolute atomic E-state index is 11.6. The predicted molar refractivity (Wildman–Crippen MR) is 74.3 cm³/mol. The molecule has 1 unspecified atom stereocenters. The molecule has 100 valence electrons. The molecule has 1 fully saturated rings. The number of aromatic nitrogens is 1. The summed E-state index contributed by atoms with van der Waals surface area (Å²) in [6.07, 6.45) is 2.02. The molecule has 2 N–H and O–H groups in total. The summed E-state index contributed by atoms with van der Waals surface area (Å²) in [6, 6.07) is 0. The first-order valence-electron chi connectivity index (χ1n) is 6.12. The van der Waals surface area contributed by atoms with Gasteiger partial charge in [-0.1, -0.05) is 18.7 Å². The van der Waals surface area contributed by atoms with Crippen molar-refractivity contribution >= 4 is 29.1 Å². The van der Waals surface area contributed by atoms with Crippen molar-refractivity contribution in [3.8, 4) is 0 Å². The summed E-state index contributed by atoms with van der Waals surface area (Å²) in [5, 5.41) is 14.7. The first-order valence-corrected chi connectivity index (χ1v) is 7.98. The lowest BCUT2D eigenvalue weighted by molar-refractivity contribution is -0.144. The van der Waals surface area contributed by atoms with Gasteiger partial charge < -0.3 is 10.4 Å². The first-order chi connectivity index (χ1) is 8.58. The molecule has 1 aromatic rings. The van der Waals surface area contributed by atoms with Crippen molar-refractivity contribution < 1.29 is 9.90 Å². The van der Waals surface area contributed by atoms with E-state index in [9.17, 15) is 9.90 Å². The summed E-state index contributed by atoms with van der Waals surface area (Å²) in [4.78, 5) is 16.0. The monoisotopic (exact) mass is 286 g/mol. The van der Waals surface area contributed by atoms with Crippen molar-refractivity contribution in [2.24, 2.45) is 5.92 Å². The van der Waals surface area contributed by atoms with Crippen LogP contribution in [0.1, 0.15) is 25.5 Å². The number of thioether (sulfide) groups is 1. The van der Waals surface area contributed by atoms with Crippen LogP contribution < -0.4 is 5.32 Å². The standard InChI is InChI=1S/C12H18N2O2S2/c1-3-13-12(10(15)16,9-4-5-9)7-18-11-14-8(2)6-17-11/h6,9,13H,3-5,7H2,1-2H3,(H,15,16). The molecule has 1 aromatic heterocycles. The zero-order valence-electron chi connectivity index (χ0n) is 10.6. The van der Waals surface area contributed by atoms with Gasteiger partial charge in [-0.15, -0.1) is 11.3 Å². The number of rotatable bonds is 7. The summed E-state index contributed by atoms with van der Waals surface area (Å²) in [6.45, 7) is 4.59. The van der Waals surface area contributed by atoms with Gasteiger partial charge in [0.25, 0.3) is 0 Å².